The van der Waals surface area contributed by atoms with Gasteiger partial charge in [0.05, 0.1) is 12.4 Å². The third-order valence-corrected chi connectivity index (χ3v) is 3.74. The van der Waals surface area contributed by atoms with Gasteiger partial charge in [0.2, 0.25) is 5.43 Å². The molecule has 0 aliphatic heterocycles. The zero-order valence-corrected chi connectivity index (χ0v) is 12.9. The molecule has 112 valence electrons. The number of rotatable bonds is 3. The summed E-state index contributed by atoms with van der Waals surface area (Å²) in [6.07, 6.45) is 5.25. The van der Waals surface area contributed by atoms with Crippen molar-refractivity contribution >= 4 is 0 Å². The molecule has 2 heterocycles. The second kappa shape index (κ2) is 5.60. The van der Waals surface area contributed by atoms with E-state index in [0.717, 1.165) is 11.3 Å². The standard InChI is InChI=1S/C17H18N4O/c1-12-5-4-6-14(9-12)13(2)17-16(22)7-8-21(19-17)15-10-18-20(3)11-15/h4-11,13H,1-3H3. The quantitative estimate of drug-likeness (QED) is 0.745. The van der Waals surface area contributed by atoms with Crippen molar-refractivity contribution in [2.75, 3.05) is 0 Å². The van der Waals surface area contributed by atoms with Crippen molar-refractivity contribution in [2.24, 2.45) is 7.05 Å². The number of aromatic nitrogens is 4. The van der Waals surface area contributed by atoms with Gasteiger partial charge in [-0.05, 0) is 12.5 Å². The smallest absolute Gasteiger partial charge is 0.203 e. The first-order chi connectivity index (χ1) is 10.5. The van der Waals surface area contributed by atoms with Crippen molar-refractivity contribution in [2.45, 2.75) is 19.8 Å². The van der Waals surface area contributed by atoms with Gasteiger partial charge in [-0.15, -0.1) is 0 Å². The van der Waals surface area contributed by atoms with Crippen LogP contribution in [0.25, 0.3) is 5.69 Å². The van der Waals surface area contributed by atoms with Crippen LogP contribution in [0, 0.1) is 6.92 Å². The second-order valence-electron chi connectivity index (χ2n) is 5.52. The van der Waals surface area contributed by atoms with E-state index in [0.29, 0.717) is 5.69 Å². The highest BCUT2D eigenvalue weighted by Gasteiger charge is 2.15. The largest absolute Gasteiger partial charge is 0.288 e. The molecule has 5 heteroatoms. The van der Waals surface area contributed by atoms with Crippen LogP contribution in [0.3, 0.4) is 0 Å². The topological polar surface area (TPSA) is 52.7 Å². The molecule has 0 aliphatic rings. The number of benzene rings is 1. The molecule has 0 N–H and O–H groups in total. The van der Waals surface area contributed by atoms with E-state index in [1.54, 1.807) is 27.8 Å². The van der Waals surface area contributed by atoms with Gasteiger partial charge in [-0.1, -0.05) is 36.8 Å². The van der Waals surface area contributed by atoms with Gasteiger partial charge in [0.25, 0.3) is 0 Å². The van der Waals surface area contributed by atoms with Gasteiger partial charge < -0.3 is 0 Å². The average Bonchev–Trinajstić information content (AvgIpc) is 2.93. The zero-order chi connectivity index (χ0) is 15.7. The summed E-state index contributed by atoms with van der Waals surface area (Å²) in [6.45, 7) is 4.05. The number of hydrogen-bond acceptors (Lipinski definition) is 3. The summed E-state index contributed by atoms with van der Waals surface area (Å²) in [5.41, 5.74) is 3.59. The Kier molecular flexibility index (Phi) is 3.63. The third-order valence-electron chi connectivity index (χ3n) is 3.74. The molecule has 3 aromatic rings. The Morgan fingerprint density at radius 1 is 1.23 bits per heavy atom. The van der Waals surface area contributed by atoms with Gasteiger partial charge in [-0.2, -0.15) is 10.2 Å². The first-order valence-corrected chi connectivity index (χ1v) is 7.20. The summed E-state index contributed by atoms with van der Waals surface area (Å²) >= 11 is 0. The molecule has 0 saturated carbocycles. The first kappa shape index (κ1) is 14.3. The van der Waals surface area contributed by atoms with Crippen LogP contribution in [0.15, 0.2) is 53.7 Å². The predicted octanol–water partition coefficient (Wildman–Crippen LogP) is 2.43. The Labute approximate surface area is 128 Å². The van der Waals surface area contributed by atoms with E-state index in [9.17, 15) is 4.79 Å². The van der Waals surface area contributed by atoms with Crippen LogP contribution in [0.1, 0.15) is 29.7 Å². The van der Waals surface area contributed by atoms with E-state index >= 15 is 0 Å². The van der Waals surface area contributed by atoms with Crippen LogP contribution in [-0.2, 0) is 7.05 Å². The molecule has 3 rings (SSSR count). The van der Waals surface area contributed by atoms with Gasteiger partial charge in [0.1, 0.15) is 11.4 Å². The molecule has 0 fully saturated rings. The lowest BCUT2D eigenvalue weighted by molar-refractivity contribution is 0.737. The maximum Gasteiger partial charge on any atom is 0.203 e. The highest BCUT2D eigenvalue weighted by molar-refractivity contribution is 5.31. The van der Waals surface area contributed by atoms with Crippen molar-refractivity contribution in [3.63, 3.8) is 0 Å². The zero-order valence-electron chi connectivity index (χ0n) is 12.9. The van der Waals surface area contributed by atoms with Crippen LogP contribution in [-0.4, -0.2) is 19.6 Å². The normalized spacial score (nSPS) is 12.3. The second-order valence-corrected chi connectivity index (χ2v) is 5.52. The monoisotopic (exact) mass is 294 g/mol. The van der Waals surface area contributed by atoms with E-state index in [1.807, 2.05) is 45.3 Å². The molecule has 0 aliphatic carbocycles. The molecule has 1 unspecified atom stereocenters. The molecule has 1 atom stereocenters. The van der Waals surface area contributed by atoms with Gasteiger partial charge in [0.15, 0.2) is 0 Å². The van der Waals surface area contributed by atoms with Crippen molar-refractivity contribution in [1.29, 1.82) is 0 Å². The maximum absolute atomic E-state index is 12.2. The van der Waals surface area contributed by atoms with Gasteiger partial charge in [-0.3, -0.25) is 9.48 Å². The van der Waals surface area contributed by atoms with Crippen LogP contribution in [0.4, 0.5) is 0 Å². The SMILES string of the molecule is Cc1cccc(C(C)c2nn(-c3cnn(C)c3)ccc2=O)c1. The van der Waals surface area contributed by atoms with Crippen LogP contribution < -0.4 is 5.43 Å². The lowest BCUT2D eigenvalue weighted by Gasteiger charge is -2.13. The van der Waals surface area contributed by atoms with E-state index in [2.05, 4.69) is 16.3 Å². The van der Waals surface area contributed by atoms with E-state index < -0.39 is 0 Å². The van der Waals surface area contributed by atoms with Crippen molar-refractivity contribution in [1.82, 2.24) is 19.6 Å². The Bertz CT molecular complexity index is 863. The summed E-state index contributed by atoms with van der Waals surface area (Å²) in [4.78, 5) is 12.2. The molecule has 2 aromatic heterocycles. The van der Waals surface area contributed by atoms with Crippen molar-refractivity contribution in [3.05, 3.63) is 76.0 Å². The van der Waals surface area contributed by atoms with Gasteiger partial charge in [-0.25, -0.2) is 4.68 Å². The summed E-state index contributed by atoms with van der Waals surface area (Å²) < 4.78 is 3.40. The van der Waals surface area contributed by atoms with Crippen LogP contribution >= 0.6 is 0 Å². The molecule has 0 radical (unpaired) electrons. The lowest BCUT2D eigenvalue weighted by Crippen LogP contribution is -2.18. The summed E-state index contributed by atoms with van der Waals surface area (Å²) in [7, 11) is 1.85. The lowest BCUT2D eigenvalue weighted by atomic mass is 9.96. The van der Waals surface area contributed by atoms with Crippen LogP contribution in [0.2, 0.25) is 0 Å². The minimum atomic E-state index is -0.0588. The highest BCUT2D eigenvalue weighted by atomic mass is 16.1. The molecule has 5 nitrogen and oxygen atoms in total. The Balaban J connectivity index is 2.05. The van der Waals surface area contributed by atoms with Crippen molar-refractivity contribution < 1.29 is 0 Å². The molecule has 0 bridgehead atoms. The van der Waals surface area contributed by atoms with Gasteiger partial charge in [0, 0.05) is 25.2 Å². The molecule has 0 amide bonds. The minimum Gasteiger partial charge on any atom is -0.288 e. The molecular formula is C17H18N4O. The molecule has 0 spiro atoms. The molecule has 0 saturated heterocycles. The maximum atomic E-state index is 12.2. The minimum absolute atomic E-state index is 0.0471. The Morgan fingerprint density at radius 3 is 2.73 bits per heavy atom. The predicted molar refractivity (Wildman–Crippen MR) is 85.3 cm³/mol. The first-order valence-electron chi connectivity index (χ1n) is 7.20. The van der Waals surface area contributed by atoms with Gasteiger partial charge >= 0.3 is 0 Å². The van der Waals surface area contributed by atoms with Crippen molar-refractivity contribution in [3.8, 4) is 5.69 Å². The molecule has 1 aromatic carbocycles. The van der Waals surface area contributed by atoms with E-state index in [1.165, 1.54) is 5.56 Å². The number of aryl methyl sites for hydroxylation is 2. The number of hydrogen-bond donors (Lipinski definition) is 0. The summed E-state index contributed by atoms with van der Waals surface area (Å²) in [5.74, 6) is -0.0588. The summed E-state index contributed by atoms with van der Waals surface area (Å²) in [6, 6.07) is 9.72. The highest BCUT2D eigenvalue weighted by Crippen LogP contribution is 2.21. The molecular weight excluding hydrogens is 276 g/mol. The average molecular weight is 294 g/mol. The fraction of sp³-hybridized carbons (Fsp3) is 0.235. The Morgan fingerprint density at radius 2 is 2.05 bits per heavy atom. The fourth-order valence-corrected chi connectivity index (χ4v) is 2.49. The molecule has 22 heavy (non-hydrogen) atoms. The Hall–Kier alpha value is -2.69. The fourth-order valence-electron chi connectivity index (χ4n) is 2.49. The summed E-state index contributed by atoms with van der Waals surface area (Å²) in [5, 5.41) is 8.65. The van der Waals surface area contributed by atoms with E-state index in [-0.39, 0.29) is 11.3 Å². The van der Waals surface area contributed by atoms with Crippen LogP contribution in [0.5, 0.6) is 0 Å². The number of nitrogens with zero attached hydrogens (tertiary/aromatic N) is 4. The van der Waals surface area contributed by atoms with E-state index in [4.69, 9.17) is 0 Å². The third kappa shape index (κ3) is 2.70.